The van der Waals surface area contributed by atoms with Crippen molar-refractivity contribution >= 4 is 33.3 Å². The molecule has 3 atom stereocenters. The van der Waals surface area contributed by atoms with E-state index < -0.39 is 41.1 Å². The van der Waals surface area contributed by atoms with Gasteiger partial charge in [0, 0.05) is 26.7 Å². The first-order chi connectivity index (χ1) is 17.8. The van der Waals surface area contributed by atoms with Crippen LogP contribution in [0.2, 0.25) is 0 Å². The normalized spacial score (nSPS) is 19.8. The highest BCUT2D eigenvalue weighted by Gasteiger charge is 2.41. The average molecular weight is 586 g/mol. The highest BCUT2D eigenvalue weighted by molar-refractivity contribution is 8.77. The summed E-state index contributed by atoms with van der Waals surface area (Å²) in [6, 6.07) is 0. The van der Waals surface area contributed by atoms with Crippen LogP contribution in [-0.2, 0) is 24.0 Å². The number of amides is 1. The van der Waals surface area contributed by atoms with E-state index in [1.54, 1.807) is 19.1 Å². The van der Waals surface area contributed by atoms with Crippen molar-refractivity contribution in [3.05, 3.63) is 22.2 Å². The number of rotatable bonds is 12. The standard InChI is InChI=1S/C21H30F3N5O7S2/c1-20(2,26-18(31)21(22,23)24)38-37-12-34-8-6-7-13-10-29(19(32)25-17(13)27-28(3)4)16-9-14(36-33-5)15(11-30)35-16/h10,14-16,30H,8-9,11-12H2,1-5H3,(H,26,31)(H,25,27,32)/t14?,15-,16-/m1/s1. The molecule has 3 N–H and O–H groups in total. The maximum atomic E-state index is 12.7. The molecule has 1 saturated heterocycles. The number of hydrogen-bond donors (Lipinski definition) is 3. The lowest BCUT2D eigenvalue weighted by atomic mass is 10.2. The Bertz CT molecular complexity index is 1060. The maximum absolute atomic E-state index is 12.7. The molecule has 1 aromatic heterocycles. The summed E-state index contributed by atoms with van der Waals surface area (Å²) < 4.78 is 49.7. The Morgan fingerprint density at radius 1 is 1.39 bits per heavy atom. The quantitative estimate of drug-likeness (QED) is 0.0819. The summed E-state index contributed by atoms with van der Waals surface area (Å²) in [5, 5.41) is 13.0. The zero-order chi connectivity index (χ0) is 28.5. The number of hydrogen-bond acceptors (Lipinski definition) is 12. The Hall–Kier alpha value is -2.04. The summed E-state index contributed by atoms with van der Waals surface area (Å²) in [5.74, 6) is 3.95. The molecule has 0 saturated carbocycles. The molecular formula is C21H30F3N5O7S2. The fourth-order valence-electron chi connectivity index (χ4n) is 3.12. The highest BCUT2D eigenvalue weighted by Crippen LogP contribution is 2.34. The van der Waals surface area contributed by atoms with Gasteiger partial charge in [0.05, 0.1) is 24.2 Å². The lowest BCUT2D eigenvalue weighted by Crippen LogP contribution is -2.46. The molecule has 1 amide bonds. The molecular weight excluding hydrogens is 555 g/mol. The third-order valence-corrected chi connectivity index (χ3v) is 7.43. The number of carbonyl (C=O) groups is 1. The van der Waals surface area contributed by atoms with E-state index in [2.05, 4.69) is 27.1 Å². The summed E-state index contributed by atoms with van der Waals surface area (Å²) in [7, 11) is 6.86. The van der Waals surface area contributed by atoms with Gasteiger partial charge >= 0.3 is 17.8 Å². The Morgan fingerprint density at radius 2 is 2.11 bits per heavy atom. The zero-order valence-electron chi connectivity index (χ0n) is 21.3. The SMILES string of the molecule is COOC1C[C@H](n2cc(C#CCOCSSC(C)(C)NC(=O)C(F)(F)F)c(NN(C)C)nc2=O)O[C@@H]1CO. The van der Waals surface area contributed by atoms with Crippen LogP contribution in [-0.4, -0.2) is 89.2 Å². The van der Waals surface area contributed by atoms with Crippen LogP contribution in [0.3, 0.4) is 0 Å². The maximum Gasteiger partial charge on any atom is 0.471 e. The molecule has 1 aromatic rings. The zero-order valence-corrected chi connectivity index (χ0v) is 23.0. The molecule has 1 fully saturated rings. The first-order valence-corrected chi connectivity index (χ1v) is 13.4. The number of nitrogens with one attached hydrogen (secondary N) is 2. The summed E-state index contributed by atoms with van der Waals surface area (Å²) in [6.45, 7) is 2.52. The van der Waals surface area contributed by atoms with E-state index >= 15 is 0 Å². The van der Waals surface area contributed by atoms with Crippen LogP contribution in [0.25, 0.3) is 0 Å². The average Bonchev–Trinajstić information content (AvgIpc) is 3.21. The van der Waals surface area contributed by atoms with E-state index in [9.17, 15) is 27.9 Å². The number of anilines is 1. The van der Waals surface area contributed by atoms with Crippen molar-refractivity contribution in [3.63, 3.8) is 0 Å². The van der Waals surface area contributed by atoms with Crippen molar-refractivity contribution in [1.29, 1.82) is 0 Å². The predicted octanol–water partition coefficient (Wildman–Crippen LogP) is 1.48. The second-order valence-corrected chi connectivity index (χ2v) is 11.3. The van der Waals surface area contributed by atoms with Crippen molar-refractivity contribution in [3.8, 4) is 11.8 Å². The van der Waals surface area contributed by atoms with Crippen LogP contribution < -0.4 is 16.4 Å². The minimum atomic E-state index is -4.96. The van der Waals surface area contributed by atoms with Gasteiger partial charge in [-0.2, -0.15) is 18.2 Å². The molecule has 12 nitrogen and oxygen atoms in total. The Balaban J connectivity index is 2.02. The Morgan fingerprint density at radius 3 is 2.71 bits per heavy atom. The van der Waals surface area contributed by atoms with E-state index in [0.717, 1.165) is 21.6 Å². The number of carbonyl (C=O) groups excluding carboxylic acids is 1. The molecule has 1 aliphatic rings. The predicted molar refractivity (Wildman–Crippen MR) is 134 cm³/mol. The van der Waals surface area contributed by atoms with Crippen LogP contribution in [0.1, 0.15) is 32.1 Å². The molecule has 38 heavy (non-hydrogen) atoms. The van der Waals surface area contributed by atoms with Crippen molar-refractivity contribution in [2.45, 2.75) is 49.8 Å². The third-order valence-electron chi connectivity index (χ3n) is 4.64. The number of nitrogens with zero attached hydrogens (tertiary/aromatic N) is 3. The fourth-order valence-corrected chi connectivity index (χ4v) is 5.10. The van der Waals surface area contributed by atoms with E-state index in [1.165, 1.54) is 31.7 Å². The van der Waals surface area contributed by atoms with Gasteiger partial charge in [-0.1, -0.05) is 33.4 Å². The van der Waals surface area contributed by atoms with Crippen LogP contribution in [0, 0.1) is 11.8 Å². The van der Waals surface area contributed by atoms with Gasteiger partial charge < -0.3 is 25.3 Å². The van der Waals surface area contributed by atoms with Gasteiger partial charge in [-0.05, 0) is 13.8 Å². The van der Waals surface area contributed by atoms with Gasteiger partial charge in [-0.15, -0.1) is 0 Å². The van der Waals surface area contributed by atoms with Gasteiger partial charge in [-0.3, -0.25) is 9.36 Å². The molecule has 0 aromatic carbocycles. The summed E-state index contributed by atoms with van der Waals surface area (Å²) >= 11 is 0. The van der Waals surface area contributed by atoms with Crippen molar-refractivity contribution < 1.29 is 42.3 Å². The van der Waals surface area contributed by atoms with Gasteiger partial charge in [0.2, 0.25) is 0 Å². The molecule has 0 aliphatic carbocycles. The van der Waals surface area contributed by atoms with E-state index in [0.29, 0.717) is 5.56 Å². The first kappa shape index (κ1) is 32.2. The first-order valence-electron chi connectivity index (χ1n) is 11.1. The number of ether oxygens (including phenoxy) is 2. The molecule has 214 valence electrons. The van der Waals surface area contributed by atoms with Crippen molar-refractivity contribution in [2.24, 2.45) is 0 Å². The number of aliphatic hydroxyl groups excluding tert-OH is 1. The summed E-state index contributed by atoms with van der Waals surface area (Å²) in [6.07, 6.45) is -5.32. The van der Waals surface area contributed by atoms with Crippen LogP contribution >= 0.6 is 21.6 Å². The second-order valence-electron chi connectivity index (χ2n) is 8.48. The largest absolute Gasteiger partial charge is 0.471 e. The minimum Gasteiger partial charge on any atom is -0.394 e. The Labute approximate surface area is 225 Å². The molecule has 0 bridgehead atoms. The summed E-state index contributed by atoms with van der Waals surface area (Å²) in [5.41, 5.74) is 2.66. The second kappa shape index (κ2) is 14.4. The molecule has 2 rings (SSSR count). The molecule has 0 spiro atoms. The Kier molecular flexibility index (Phi) is 12.2. The molecule has 1 unspecified atom stereocenters. The molecule has 1 aliphatic heterocycles. The van der Waals surface area contributed by atoms with Crippen molar-refractivity contribution in [2.75, 3.05) is 45.8 Å². The van der Waals surface area contributed by atoms with Gasteiger partial charge in [0.1, 0.15) is 31.0 Å². The smallest absolute Gasteiger partial charge is 0.394 e. The molecule has 2 heterocycles. The third kappa shape index (κ3) is 9.93. The minimum absolute atomic E-state index is 0.0281. The fraction of sp³-hybridized carbons (Fsp3) is 0.667. The van der Waals surface area contributed by atoms with E-state index in [1.807, 2.05) is 5.32 Å². The van der Waals surface area contributed by atoms with Crippen LogP contribution in [0.5, 0.6) is 0 Å². The van der Waals surface area contributed by atoms with Crippen LogP contribution in [0.15, 0.2) is 11.0 Å². The monoisotopic (exact) mass is 585 g/mol. The van der Waals surface area contributed by atoms with E-state index in [-0.39, 0.29) is 31.4 Å². The lowest BCUT2D eigenvalue weighted by molar-refractivity contribution is -0.312. The summed E-state index contributed by atoms with van der Waals surface area (Å²) in [4.78, 5) is 36.5. The van der Waals surface area contributed by atoms with Crippen molar-refractivity contribution in [1.82, 2.24) is 19.9 Å². The number of aromatic nitrogens is 2. The van der Waals surface area contributed by atoms with Gasteiger partial charge in [0.25, 0.3) is 0 Å². The molecule has 0 radical (unpaired) electrons. The number of alkyl halides is 3. The van der Waals surface area contributed by atoms with Gasteiger partial charge in [0.15, 0.2) is 5.82 Å². The topological polar surface area (TPSA) is 136 Å². The highest BCUT2D eigenvalue weighted by atomic mass is 33.1. The lowest BCUT2D eigenvalue weighted by Gasteiger charge is -2.25. The van der Waals surface area contributed by atoms with E-state index in [4.69, 9.17) is 14.4 Å². The number of halogens is 3. The van der Waals surface area contributed by atoms with Crippen LogP contribution in [0.4, 0.5) is 19.0 Å². The van der Waals surface area contributed by atoms with Gasteiger partial charge in [-0.25, -0.2) is 19.6 Å². The molecule has 17 heteroatoms. The number of aliphatic hydroxyl groups is 1. The number of hydrazine groups is 1.